The first kappa shape index (κ1) is 12.2. The van der Waals surface area contributed by atoms with E-state index in [1.54, 1.807) is 0 Å². The Labute approximate surface area is 112 Å². The second-order valence-electron chi connectivity index (χ2n) is 5.10. The van der Waals surface area contributed by atoms with Crippen LogP contribution in [0, 0.1) is 5.92 Å². The van der Waals surface area contributed by atoms with Crippen molar-refractivity contribution >= 4 is 21.4 Å². The third kappa shape index (κ3) is 2.44. The Hall–Kier alpha value is -0.900. The van der Waals surface area contributed by atoms with Crippen LogP contribution in [0.4, 0.5) is 0 Å². The van der Waals surface area contributed by atoms with E-state index in [9.17, 15) is 0 Å². The number of ether oxygens (including phenoxy) is 1. The van der Waals surface area contributed by atoms with E-state index in [1.807, 2.05) is 11.3 Å². The van der Waals surface area contributed by atoms with Gasteiger partial charge in [0.2, 0.25) is 0 Å². The number of benzene rings is 1. The van der Waals surface area contributed by atoms with E-state index in [0.717, 1.165) is 26.1 Å². The zero-order valence-electron chi connectivity index (χ0n) is 10.5. The molecule has 2 nitrogen and oxygen atoms in total. The van der Waals surface area contributed by atoms with Crippen LogP contribution in [-0.2, 0) is 11.2 Å². The molecule has 2 atom stereocenters. The van der Waals surface area contributed by atoms with Crippen molar-refractivity contribution < 1.29 is 4.74 Å². The molecular weight excluding hydrogens is 242 g/mol. The van der Waals surface area contributed by atoms with Crippen molar-refractivity contribution in [2.24, 2.45) is 11.7 Å². The first-order valence-electron chi connectivity index (χ1n) is 6.63. The van der Waals surface area contributed by atoms with Gasteiger partial charge in [0.05, 0.1) is 6.61 Å². The van der Waals surface area contributed by atoms with Gasteiger partial charge in [-0.05, 0) is 47.6 Å². The number of thiophene rings is 1. The number of fused-ring (bicyclic) bond motifs is 1. The second-order valence-corrected chi connectivity index (χ2v) is 6.01. The third-order valence-electron chi connectivity index (χ3n) is 3.82. The molecule has 0 bridgehead atoms. The molecule has 2 N–H and O–H groups in total. The van der Waals surface area contributed by atoms with Gasteiger partial charge in [-0.25, -0.2) is 0 Å². The molecular formula is C15H19NOS. The van der Waals surface area contributed by atoms with Crippen LogP contribution in [0.25, 0.3) is 10.1 Å². The summed E-state index contributed by atoms with van der Waals surface area (Å²) in [6, 6.07) is 8.80. The maximum Gasteiger partial charge on any atom is 0.0509 e. The molecule has 0 spiro atoms. The summed E-state index contributed by atoms with van der Waals surface area (Å²) in [6.07, 6.45) is 3.34. The minimum Gasteiger partial charge on any atom is -0.381 e. The Bertz CT molecular complexity index is 516. The topological polar surface area (TPSA) is 35.2 Å². The number of rotatable bonds is 3. The van der Waals surface area contributed by atoms with Gasteiger partial charge < -0.3 is 10.5 Å². The van der Waals surface area contributed by atoms with Crippen molar-refractivity contribution in [3.05, 3.63) is 35.2 Å². The molecule has 96 valence electrons. The average Bonchev–Trinajstić information content (AvgIpc) is 2.83. The van der Waals surface area contributed by atoms with E-state index in [2.05, 4.69) is 29.6 Å². The van der Waals surface area contributed by atoms with Crippen molar-refractivity contribution in [2.75, 3.05) is 13.2 Å². The predicted octanol–water partition coefficient (Wildman–Crippen LogP) is 3.20. The lowest BCUT2D eigenvalue weighted by molar-refractivity contribution is 0.0450. The van der Waals surface area contributed by atoms with Crippen molar-refractivity contribution in [3.63, 3.8) is 0 Å². The maximum absolute atomic E-state index is 6.36. The number of hydrogen-bond acceptors (Lipinski definition) is 3. The van der Waals surface area contributed by atoms with Crippen LogP contribution in [0.3, 0.4) is 0 Å². The fourth-order valence-corrected chi connectivity index (χ4v) is 3.69. The zero-order valence-corrected chi connectivity index (χ0v) is 11.3. The lowest BCUT2D eigenvalue weighted by atomic mass is 9.90. The molecule has 1 aromatic heterocycles. The predicted molar refractivity (Wildman–Crippen MR) is 77.0 cm³/mol. The quantitative estimate of drug-likeness (QED) is 0.921. The first-order chi connectivity index (χ1) is 8.84. The molecule has 3 rings (SSSR count). The minimum absolute atomic E-state index is 0.225. The van der Waals surface area contributed by atoms with Gasteiger partial charge in [-0.3, -0.25) is 0 Å². The third-order valence-corrected chi connectivity index (χ3v) is 4.83. The molecule has 1 aliphatic heterocycles. The molecule has 3 heteroatoms. The molecule has 1 fully saturated rings. The van der Waals surface area contributed by atoms with Crippen LogP contribution >= 0.6 is 11.3 Å². The highest BCUT2D eigenvalue weighted by Crippen LogP contribution is 2.28. The van der Waals surface area contributed by atoms with Gasteiger partial charge in [0, 0.05) is 17.3 Å². The molecule has 0 aliphatic carbocycles. The smallest absolute Gasteiger partial charge is 0.0509 e. The van der Waals surface area contributed by atoms with Crippen LogP contribution in [0.15, 0.2) is 29.6 Å². The number of hydrogen-bond donors (Lipinski definition) is 1. The summed E-state index contributed by atoms with van der Waals surface area (Å²) < 4.78 is 6.89. The first-order valence-corrected chi connectivity index (χ1v) is 7.51. The van der Waals surface area contributed by atoms with Gasteiger partial charge in [0.15, 0.2) is 0 Å². The van der Waals surface area contributed by atoms with Crippen molar-refractivity contribution in [3.8, 4) is 0 Å². The molecule has 0 radical (unpaired) electrons. The standard InChI is InChI=1S/C15H19NOS/c16-14(11-4-3-7-17-9-11)8-12-10-18-15-6-2-1-5-13(12)15/h1-2,5-6,10-11,14H,3-4,7-9,16H2. The highest BCUT2D eigenvalue weighted by molar-refractivity contribution is 7.17. The van der Waals surface area contributed by atoms with Gasteiger partial charge in [0.1, 0.15) is 0 Å². The highest BCUT2D eigenvalue weighted by atomic mass is 32.1. The summed E-state index contributed by atoms with van der Waals surface area (Å²) >= 11 is 1.82. The van der Waals surface area contributed by atoms with E-state index in [0.29, 0.717) is 5.92 Å². The van der Waals surface area contributed by atoms with E-state index in [-0.39, 0.29) is 6.04 Å². The summed E-state index contributed by atoms with van der Waals surface area (Å²) in [7, 11) is 0. The highest BCUT2D eigenvalue weighted by Gasteiger charge is 2.22. The van der Waals surface area contributed by atoms with Crippen molar-refractivity contribution in [1.29, 1.82) is 0 Å². The lowest BCUT2D eigenvalue weighted by Crippen LogP contribution is -2.37. The Morgan fingerprint density at radius 3 is 3.11 bits per heavy atom. The molecule has 2 aromatic rings. The summed E-state index contributed by atoms with van der Waals surface area (Å²) in [6.45, 7) is 1.74. The monoisotopic (exact) mass is 261 g/mol. The molecule has 1 aromatic carbocycles. The van der Waals surface area contributed by atoms with Gasteiger partial charge in [0.25, 0.3) is 0 Å². The number of nitrogens with two attached hydrogens (primary N) is 1. The molecule has 0 amide bonds. The van der Waals surface area contributed by atoms with E-state index >= 15 is 0 Å². The molecule has 18 heavy (non-hydrogen) atoms. The van der Waals surface area contributed by atoms with E-state index in [1.165, 1.54) is 22.1 Å². The van der Waals surface area contributed by atoms with E-state index < -0.39 is 0 Å². The van der Waals surface area contributed by atoms with Crippen LogP contribution < -0.4 is 5.73 Å². The molecule has 2 heterocycles. The van der Waals surface area contributed by atoms with E-state index in [4.69, 9.17) is 10.5 Å². The largest absolute Gasteiger partial charge is 0.381 e. The van der Waals surface area contributed by atoms with Gasteiger partial charge in [-0.1, -0.05) is 18.2 Å². The van der Waals surface area contributed by atoms with Crippen LogP contribution in [0.5, 0.6) is 0 Å². The summed E-state index contributed by atoms with van der Waals surface area (Å²) in [5.74, 6) is 0.525. The fourth-order valence-electron chi connectivity index (χ4n) is 2.71. The Morgan fingerprint density at radius 1 is 1.39 bits per heavy atom. The Balaban J connectivity index is 1.75. The molecule has 2 unspecified atom stereocenters. The van der Waals surface area contributed by atoms with Gasteiger partial charge in [-0.2, -0.15) is 0 Å². The molecule has 0 saturated carbocycles. The second kappa shape index (κ2) is 5.39. The summed E-state index contributed by atoms with van der Waals surface area (Å²) in [5, 5.41) is 3.63. The SMILES string of the molecule is NC(Cc1csc2ccccc12)C1CCCOC1. The molecule has 1 aliphatic rings. The fraction of sp³-hybridized carbons (Fsp3) is 0.467. The van der Waals surface area contributed by atoms with Gasteiger partial charge in [-0.15, -0.1) is 11.3 Å². The Kier molecular flexibility index (Phi) is 3.64. The van der Waals surface area contributed by atoms with Crippen LogP contribution in [-0.4, -0.2) is 19.3 Å². The normalized spacial score (nSPS) is 22.2. The lowest BCUT2D eigenvalue weighted by Gasteiger charge is -2.27. The zero-order chi connectivity index (χ0) is 12.4. The van der Waals surface area contributed by atoms with Crippen LogP contribution in [0.2, 0.25) is 0 Å². The van der Waals surface area contributed by atoms with Crippen molar-refractivity contribution in [2.45, 2.75) is 25.3 Å². The van der Waals surface area contributed by atoms with Gasteiger partial charge >= 0.3 is 0 Å². The van der Waals surface area contributed by atoms with Crippen LogP contribution in [0.1, 0.15) is 18.4 Å². The minimum atomic E-state index is 0.225. The molecule has 1 saturated heterocycles. The maximum atomic E-state index is 6.36. The Morgan fingerprint density at radius 2 is 2.28 bits per heavy atom. The van der Waals surface area contributed by atoms with Crippen molar-refractivity contribution in [1.82, 2.24) is 0 Å². The summed E-state index contributed by atoms with van der Waals surface area (Å²) in [5.41, 5.74) is 7.75. The summed E-state index contributed by atoms with van der Waals surface area (Å²) in [4.78, 5) is 0. The average molecular weight is 261 g/mol.